The second-order valence-electron chi connectivity index (χ2n) is 2.67. The molecule has 9 heavy (non-hydrogen) atoms. The van der Waals surface area contributed by atoms with E-state index in [1.54, 1.807) is 0 Å². The number of hydrogen-bond acceptors (Lipinski definition) is 2. The van der Waals surface area contributed by atoms with Crippen molar-refractivity contribution < 1.29 is 0 Å². The first kappa shape index (κ1) is 7.42. The Morgan fingerprint density at radius 1 is 1.67 bits per heavy atom. The molecular formula is C7H15NS. The molecule has 0 spiro atoms. The average Bonchev–Trinajstić information content (AvgIpc) is 1.90. The fraction of sp³-hybridized carbons (Fsp3) is 1.00. The van der Waals surface area contributed by atoms with Gasteiger partial charge in [0.15, 0.2) is 0 Å². The maximum atomic E-state index is 3.46. The van der Waals surface area contributed by atoms with Crippen LogP contribution in [0.1, 0.15) is 20.3 Å². The van der Waals surface area contributed by atoms with Gasteiger partial charge in [0.1, 0.15) is 0 Å². The minimum absolute atomic E-state index is 0.734. The summed E-state index contributed by atoms with van der Waals surface area (Å²) in [7, 11) is 0. The molecule has 54 valence electrons. The van der Waals surface area contributed by atoms with Gasteiger partial charge in [0, 0.05) is 23.6 Å². The van der Waals surface area contributed by atoms with E-state index in [-0.39, 0.29) is 0 Å². The zero-order valence-corrected chi connectivity index (χ0v) is 7.00. The van der Waals surface area contributed by atoms with Crippen molar-refractivity contribution in [3.05, 3.63) is 0 Å². The molecule has 0 aliphatic carbocycles. The molecule has 1 N–H and O–H groups in total. The molecule has 0 radical (unpaired) electrons. The Labute approximate surface area is 61.6 Å². The van der Waals surface area contributed by atoms with Crippen molar-refractivity contribution in [3.8, 4) is 0 Å². The van der Waals surface area contributed by atoms with E-state index in [2.05, 4.69) is 30.9 Å². The Morgan fingerprint density at radius 3 is 2.89 bits per heavy atom. The lowest BCUT2D eigenvalue weighted by Crippen LogP contribution is -2.39. The van der Waals surface area contributed by atoms with Gasteiger partial charge in [0.25, 0.3) is 0 Å². The third-order valence-electron chi connectivity index (χ3n) is 1.73. The summed E-state index contributed by atoms with van der Waals surface area (Å²) >= 11 is 2.11. The van der Waals surface area contributed by atoms with Crippen LogP contribution in [-0.4, -0.2) is 23.6 Å². The van der Waals surface area contributed by atoms with Crippen molar-refractivity contribution >= 4 is 11.8 Å². The van der Waals surface area contributed by atoms with Gasteiger partial charge < -0.3 is 5.32 Å². The van der Waals surface area contributed by atoms with E-state index in [9.17, 15) is 0 Å². The molecule has 1 aliphatic heterocycles. The molecule has 0 unspecified atom stereocenters. The fourth-order valence-electron chi connectivity index (χ4n) is 0.993. The third kappa shape index (κ3) is 2.18. The highest BCUT2D eigenvalue weighted by Crippen LogP contribution is 2.18. The van der Waals surface area contributed by atoms with Crippen molar-refractivity contribution in [2.75, 3.05) is 12.3 Å². The second-order valence-corrected chi connectivity index (χ2v) is 4.01. The van der Waals surface area contributed by atoms with Gasteiger partial charge in [0.2, 0.25) is 0 Å². The molecule has 0 aromatic carbocycles. The van der Waals surface area contributed by atoms with Crippen LogP contribution in [0.15, 0.2) is 0 Å². The maximum Gasteiger partial charge on any atom is 0.0170 e. The van der Waals surface area contributed by atoms with E-state index >= 15 is 0 Å². The van der Waals surface area contributed by atoms with Gasteiger partial charge in [-0.2, -0.15) is 11.8 Å². The molecule has 0 bridgehead atoms. The van der Waals surface area contributed by atoms with E-state index in [0.717, 1.165) is 11.3 Å². The molecule has 1 nitrogen and oxygen atoms in total. The van der Waals surface area contributed by atoms with Crippen LogP contribution < -0.4 is 5.32 Å². The first-order valence-corrected chi connectivity index (χ1v) is 4.72. The summed E-state index contributed by atoms with van der Waals surface area (Å²) in [5, 5.41) is 4.34. The first-order chi connectivity index (χ1) is 4.33. The van der Waals surface area contributed by atoms with Gasteiger partial charge in [-0.15, -0.1) is 0 Å². The van der Waals surface area contributed by atoms with Crippen LogP contribution in [-0.2, 0) is 0 Å². The van der Waals surface area contributed by atoms with E-state index in [1.807, 2.05) is 0 Å². The zero-order valence-electron chi connectivity index (χ0n) is 6.18. The van der Waals surface area contributed by atoms with Crippen LogP contribution in [0.25, 0.3) is 0 Å². The highest BCUT2D eigenvalue weighted by molar-refractivity contribution is 8.00. The van der Waals surface area contributed by atoms with Gasteiger partial charge in [-0.3, -0.25) is 0 Å². The minimum atomic E-state index is 0.734. The van der Waals surface area contributed by atoms with Crippen molar-refractivity contribution in [2.45, 2.75) is 31.6 Å². The predicted molar refractivity (Wildman–Crippen MR) is 44.0 cm³/mol. The molecule has 1 heterocycles. The summed E-state index contributed by atoms with van der Waals surface area (Å²) in [6.07, 6.45) is 1.31. The van der Waals surface area contributed by atoms with Gasteiger partial charge in [-0.25, -0.2) is 0 Å². The van der Waals surface area contributed by atoms with Crippen molar-refractivity contribution in [2.24, 2.45) is 0 Å². The zero-order chi connectivity index (χ0) is 6.69. The number of hydrogen-bond donors (Lipinski definition) is 1. The fourth-order valence-corrected chi connectivity index (χ4v) is 2.12. The summed E-state index contributed by atoms with van der Waals surface area (Å²) in [6.45, 7) is 5.72. The molecule has 1 rings (SSSR count). The standard InChI is InChI=1S/C7H15NS/c1-3-7-4-8-6(2)5-9-7/h6-8H,3-5H2,1-2H3/t6-,7-/m0/s1. The van der Waals surface area contributed by atoms with Gasteiger partial charge >= 0.3 is 0 Å². The van der Waals surface area contributed by atoms with Crippen LogP contribution in [0.5, 0.6) is 0 Å². The van der Waals surface area contributed by atoms with E-state index in [4.69, 9.17) is 0 Å². The van der Waals surface area contributed by atoms with Gasteiger partial charge in [-0.1, -0.05) is 6.92 Å². The molecule has 2 atom stereocenters. The molecule has 0 aromatic heterocycles. The van der Waals surface area contributed by atoms with Gasteiger partial charge in [-0.05, 0) is 13.3 Å². The van der Waals surface area contributed by atoms with E-state index < -0.39 is 0 Å². The van der Waals surface area contributed by atoms with Crippen LogP contribution >= 0.6 is 11.8 Å². The highest BCUT2D eigenvalue weighted by Gasteiger charge is 2.15. The lowest BCUT2D eigenvalue weighted by molar-refractivity contribution is 0.559. The van der Waals surface area contributed by atoms with Crippen LogP contribution in [0, 0.1) is 0 Å². The topological polar surface area (TPSA) is 12.0 Å². The number of thioether (sulfide) groups is 1. The van der Waals surface area contributed by atoms with Crippen molar-refractivity contribution in [1.82, 2.24) is 5.32 Å². The summed E-state index contributed by atoms with van der Waals surface area (Å²) < 4.78 is 0. The largest absolute Gasteiger partial charge is 0.312 e. The Bertz CT molecular complexity index is 77.0. The second kappa shape index (κ2) is 3.47. The Kier molecular flexibility index (Phi) is 2.86. The Hall–Kier alpha value is 0.310. The lowest BCUT2D eigenvalue weighted by atomic mass is 10.3. The molecule has 2 heteroatoms. The van der Waals surface area contributed by atoms with Crippen molar-refractivity contribution in [3.63, 3.8) is 0 Å². The smallest absolute Gasteiger partial charge is 0.0170 e. The average molecular weight is 145 g/mol. The monoisotopic (exact) mass is 145 g/mol. The molecule has 1 aliphatic rings. The van der Waals surface area contributed by atoms with E-state index in [0.29, 0.717) is 0 Å². The molecule has 0 saturated carbocycles. The summed E-state index contributed by atoms with van der Waals surface area (Å²) in [4.78, 5) is 0. The Balaban J connectivity index is 2.18. The minimum Gasteiger partial charge on any atom is -0.312 e. The number of rotatable bonds is 1. The Morgan fingerprint density at radius 2 is 2.44 bits per heavy atom. The van der Waals surface area contributed by atoms with Crippen molar-refractivity contribution in [1.29, 1.82) is 0 Å². The molecule has 1 saturated heterocycles. The van der Waals surface area contributed by atoms with Crippen LogP contribution in [0.2, 0.25) is 0 Å². The predicted octanol–water partition coefficient (Wildman–Crippen LogP) is 1.49. The van der Waals surface area contributed by atoms with Crippen LogP contribution in [0.4, 0.5) is 0 Å². The third-order valence-corrected chi connectivity index (χ3v) is 3.40. The quantitative estimate of drug-likeness (QED) is 0.600. The van der Waals surface area contributed by atoms with Crippen LogP contribution in [0.3, 0.4) is 0 Å². The van der Waals surface area contributed by atoms with E-state index in [1.165, 1.54) is 18.7 Å². The molecule has 0 amide bonds. The summed E-state index contributed by atoms with van der Waals surface area (Å²) in [5.74, 6) is 1.29. The first-order valence-electron chi connectivity index (χ1n) is 3.68. The summed E-state index contributed by atoms with van der Waals surface area (Å²) in [6, 6.07) is 0.734. The van der Waals surface area contributed by atoms with Gasteiger partial charge in [0.05, 0.1) is 0 Å². The number of nitrogens with one attached hydrogen (secondary N) is 1. The molecule has 1 fully saturated rings. The maximum absolute atomic E-state index is 3.46. The molecule has 0 aromatic rings. The highest BCUT2D eigenvalue weighted by atomic mass is 32.2. The SMILES string of the molecule is CC[C@H]1CN[C@@H](C)CS1. The lowest BCUT2D eigenvalue weighted by Gasteiger charge is -2.26. The molecular weight excluding hydrogens is 130 g/mol. The summed E-state index contributed by atoms with van der Waals surface area (Å²) in [5.41, 5.74) is 0. The normalized spacial score (nSPS) is 36.7.